The van der Waals surface area contributed by atoms with Crippen LogP contribution in [0.1, 0.15) is 19.3 Å². The first-order valence-corrected chi connectivity index (χ1v) is 5.08. The zero-order valence-electron chi connectivity index (χ0n) is 6.73. The molecule has 1 heterocycles. The van der Waals surface area contributed by atoms with Crippen molar-refractivity contribution in [2.45, 2.75) is 31.4 Å². The minimum absolute atomic E-state index is 0.186. The highest BCUT2D eigenvalue weighted by Gasteiger charge is 2.25. The second-order valence-electron chi connectivity index (χ2n) is 3.09. The van der Waals surface area contributed by atoms with Crippen molar-refractivity contribution in [1.29, 1.82) is 0 Å². The van der Waals surface area contributed by atoms with Crippen LogP contribution in [0.25, 0.3) is 0 Å². The van der Waals surface area contributed by atoms with E-state index in [-0.39, 0.29) is 12.1 Å². The lowest BCUT2D eigenvalue weighted by Gasteiger charge is -2.14. The van der Waals surface area contributed by atoms with Gasteiger partial charge in [0.15, 0.2) is 5.13 Å². The normalized spacial score (nSPS) is 29.1. The molecular weight excluding hydrogens is 172 g/mol. The number of nitrogens with one attached hydrogen (secondary N) is 1. The van der Waals surface area contributed by atoms with Gasteiger partial charge in [0.1, 0.15) is 0 Å². The molecule has 0 aromatic carbocycles. The lowest BCUT2D eigenvalue weighted by atomic mass is 10.2. The molecule has 2 atom stereocenters. The monoisotopic (exact) mass is 184 g/mol. The smallest absolute Gasteiger partial charge is 0.182 e. The minimum atomic E-state index is -0.186. The quantitative estimate of drug-likeness (QED) is 0.731. The van der Waals surface area contributed by atoms with Gasteiger partial charge in [0.25, 0.3) is 0 Å². The van der Waals surface area contributed by atoms with Crippen LogP contribution in [0.15, 0.2) is 11.6 Å². The first-order chi connectivity index (χ1) is 5.86. The average molecular weight is 184 g/mol. The molecule has 0 radical (unpaired) electrons. The van der Waals surface area contributed by atoms with Gasteiger partial charge in [0.2, 0.25) is 0 Å². The summed E-state index contributed by atoms with van der Waals surface area (Å²) >= 11 is 1.58. The molecule has 1 aliphatic carbocycles. The number of hydrogen-bond acceptors (Lipinski definition) is 4. The molecule has 1 fully saturated rings. The van der Waals surface area contributed by atoms with Crippen molar-refractivity contribution in [2.75, 3.05) is 5.32 Å². The number of aliphatic hydroxyl groups is 1. The fourth-order valence-corrected chi connectivity index (χ4v) is 2.15. The first-order valence-electron chi connectivity index (χ1n) is 4.20. The number of aromatic nitrogens is 1. The Morgan fingerprint density at radius 1 is 1.58 bits per heavy atom. The van der Waals surface area contributed by atoms with E-state index in [4.69, 9.17) is 0 Å². The van der Waals surface area contributed by atoms with Gasteiger partial charge >= 0.3 is 0 Å². The second-order valence-corrected chi connectivity index (χ2v) is 3.98. The van der Waals surface area contributed by atoms with E-state index in [0.29, 0.717) is 0 Å². The topological polar surface area (TPSA) is 45.1 Å². The number of anilines is 1. The molecule has 1 aromatic rings. The zero-order chi connectivity index (χ0) is 8.39. The SMILES string of the molecule is OC1CCCC1Nc1nccs1. The van der Waals surface area contributed by atoms with Gasteiger partial charge in [-0.1, -0.05) is 0 Å². The van der Waals surface area contributed by atoms with Crippen LogP contribution in [0.5, 0.6) is 0 Å². The summed E-state index contributed by atoms with van der Waals surface area (Å²) in [5.74, 6) is 0. The van der Waals surface area contributed by atoms with E-state index < -0.39 is 0 Å². The fraction of sp³-hybridized carbons (Fsp3) is 0.625. The Hall–Kier alpha value is -0.610. The molecule has 2 rings (SSSR count). The third kappa shape index (κ3) is 1.59. The maximum absolute atomic E-state index is 9.50. The third-order valence-corrected chi connectivity index (χ3v) is 2.92. The van der Waals surface area contributed by atoms with Gasteiger partial charge < -0.3 is 10.4 Å². The van der Waals surface area contributed by atoms with Crippen LogP contribution in [0.4, 0.5) is 5.13 Å². The van der Waals surface area contributed by atoms with E-state index in [1.54, 1.807) is 17.5 Å². The third-order valence-electron chi connectivity index (χ3n) is 2.22. The van der Waals surface area contributed by atoms with E-state index in [9.17, 15) is 5.11 Å². The predicted octanol–water partition coefficient (Wildman–Crippen LogP) is 1.47. The summed E-state index contributed by atoms with van der Waals surface area (Å²) in [5, 5.41) is 15.6. The van der Waals surface area contributed by atoms with Crippen molar-refractivity contribution in [3.05, 3.63) is 11.6 Å². The largest absolute Gasteiger partial charge is 0.391 e. The lowest BCUT2D eigenvalue weighted by Crippen LogP contribution is -2.27. The Bertz CT molecular complexity index is 237. The molecule has 3 nitrogen and oxygen atoms in total. The lowest BCUT2D eigenvalue weighted by molar-refractivity contribution is 0.172. The summed E-state index contributed by atoms with van der Waals surface area (Å²) in [7, 11) is 0. The molecule has 0 bridgehead atoms. The van der Waals surface area contributed by atoms with Crippen molar-refractivity contribution >= 4 is 16.5 Å². The Balaban J connectivity index is 1.95. The van der Waals surface area contributed by atoms with E-state index >= 15 is 0 Å². The standard InChI is InChI=1S/C8H12N2OS/c11-7-3-1-2-6(7)10-8-9-4-5-12-8/h4-7,11H,1-3H2,(H,9,10). The zero-order valence-corrected chi connectivity index (χ0v) is 7.55. The van der Waals surface area contributed by atoms with Crippen molar-refractivity contribution in [3.8, 4) is 0 Å². The van der Waals surface area contributed by atoms with Crippen molar-refractivity contribution in [1.82, 2.24) is 4.98 Å². The van der Waals surface area contributed by atoms with Crippen LogP contribution in [-0.4, -0.2) is 22.2 Å². The van der Waals surface area contributed by atoms with Crippen molar-refractivity contribution in [2.24, 2.45) is 0 Å². The molecule has 2 N–H and O–H groups in total. The van der Waals surface area contributed by atoms with E-state index in [1.807, 2.05) is 5.38 Å². The number of nitrogens with zero attached hydrogens (tertiary/aromatic N) is 1. The first kappa shape index (κ1) is 8.01. The Morgan fingerprint density at radius 2 is 2.50 bits per heavy atom. The highest BCUT2D eigenvalue weighted by atomic mass is 32.1. The molecule has 0 spiro atoms. The summed E-state index contributed by atoms with van der Waals surface area (Å²) in [6, 6.07) is 0.219. The van der Waals surface area contributed by atoms with Crippen LogP contribution in [0, 0.1) is 0 Å². The maximum Gasteiger partial charge on any atom is 0.182 e. The van der Waals surface area contributed by atoms with Crippen molar-refractivity contribution in [3.63, 3.8) is 0 Å². The van der Waals surface area contributed by atoms with Crippen LogP contribution in [0.2, 0.25) is 0 Å². The highest BCUT2D eigenvalue weighted by molar-refractivity contribution is 7.13. The van der Waals surface area contributed by atoms with E-state index in [2.05, 4.69) is 10.3 Å². The molecule has 2 unspecified atom stereocenters. The molecule has 4 heteroatoms. The molecule has 1 aliphatic rings. The summed E-state index contributed by atoms with van der Waals surface area (Å²) in [4.78, 5) is 4.11. The molecule has 66 valence electrons. The van der Waals surface area contributed by atoms with Crippen LogP contribution in [0.3, 0.4) is 0 Å². The van der Waals surface area contributed by atoms with Crippen molar-refractivity contribution < 1.29 is 5.11 Å². The molecule has 12 heavy (non-hydrogen) atoms. The second kappa shape index (κ2) is 3.41. The number of thiazole rings is 1. The highest BCUT2D eigenvalue weighted by Crippen LogP contribution is 2.23. The average Bonchev–Trinajstić information content (AvgIpc) is 2.65. The van der Waals surface area contributed by atoms with Gasteiger partial charge in [-0.25, -0.2) is 4.98 Å². The molecular formula is C8H12N2OS. The summed E-state index contributed by atoms with van der Waals surface area (Å²) < 4.78 is 0. The predicted molar refractivity (Wildman–Crippen MR) is 49.4 cm³/mol. The van der Waals surface area contributed by atoms with Crippen LogP contribution < -0.4 is 5.32 Å². The number of hydrogen-bond donors (Lipinski definition) is 2. The minimum Gasteiger partial charge on any atom is -0.391 e. The summed E-state index contributed by atoms with van der Waals surface area (Å²) in [6.45, 7) is 0. The van der Waals surface area contributed by atoms with E-state index in [0.717, 1.165) is 24.4 Å². The molecule has 1 aromatic heterocycles. The number of rotatable bonds is 2. The molecule has 0 aliphatic heterocycles. The van der Waals surface area contributed by atoms with Gasteiger partial charge in [0, 0.05) is 11.6 Å². The summed E-state index contributed by atoms with van der Waals surface area (Å²) in [5.41, 5.74) is 0. The van der Waals surface area contributed by atoms with Gasteiger partial charge in [-0.2, -0.15) is 0 Å². The summed E-state index contributed by atoms with van der Waals surface area (Å²) in [6.07, 6.45) is 4.68. The fourth-order valence-electron chi connectivity index (χ4n) is 1.56. The van der Waals surface area contributed by atoms with Crippen LogP contribution in [-0.2, 0) is 0 Å². The molecule has 0 amide bonds. The van der Waals surface area contributed by atoms with Gasteiger partial charge in [-0.05, 0) is 19.3 Å². The van der Waals surface area contributed by atoms with Gasteiger partial charge in [-0.3, -0.25) is 0 Å². The van der Waals surface area contributed by atoms with Gasteiger partial charge in [0.05, 0.1) is 12.1 Å². The number of aliphatic hydroxyl groups excluding tert-OH is 1. The maximum atomic E-state index is 9.50. The van der Waals surface area contributed by atoms with Crippen LogP contribution >= 0.6 is 11.3 Å². The van der Waals surface area contributed by atoms with Gasteiger partial charge in [-0.15, -0.1) is 11.3 Å². The Kier molecular flexibility index (Phi) is 2.28. The van der Waals surface area contributed by atoms with E-state index in [1.165, 1.54) is 0 Å². The molecule has 1 saturated carbocycles. The Morgan fingerprint density at radius 3 is 3.08 bits per heavy atom. The Labute approximate surface area is 75.5 Å². The molecule has 0 saturated heterocycles.